The second-order valence-electron chi connectivity index (χ2n) is 5.16. The van der Waals surface area contributed by atoms with Gasteiger partial charge in [-0.25, -0.2) is 4.98 Å². The molecular weight excluding hydrogens is 288 g/mol. The molecule has 3 aromatic rings. The molecule has 0 spiro atoms. The molecule has 0 unspecified atom stereocenters. The molecule has 1 aromatic heterocycles. The maximum Gasteiger partial charge on any atom is 0.227 e. The van der Waals surface area contributed by atoms with Crippen molar-refractivity contribution in [3.8, 4) is 17.2 Å². The van der Waals surface area contributed by atoms with Gasteiger partial charge in [0.05, 0.1) is 10.6 Å². The maximum absolute atomic E-state index is 10.2. The summed E-state index contributed by atoms with van der Waals surface area (Å²) in [7, 11) is 3.83. The van der Waals surface area contributed by atoms with Crippen molar-refractivity contribution in [3.05, 3.63) is 47.0 Å². The molecule has 0 aliphatic rings. The molecule has 3 rings (SSSR count). The van der Waals surface area contributed by atoms with Crippen LogP contribution in [0.15, 0.2) is 40.8 Å². The Labute approximate surface area is 127 Å². The van der Waals surface area contributed by atoms with Crippen LogP contribution in [0.3, 0.4) is 0 Å². The number of halogens is 1. The first-order chi connectivity index (χ1) is 10.1. The Morgan fingerprint density at radius 1 is 1.24 bits per heavy atom. The Balaban J connectivity index is 2.21. The summed E-state index contributed by atoms with van der Waals surface area (Å²) in [4.78, 5) is 6.41. The van der Waals surface area contributed by atoms with Gasteiger partial charge in [-0.05, 0) is 32.3 Å². The van der Waals surface area contributed by atoms with Crippen LogP contribution in [0.25, 0.3) is 22.6 Å². The average Bonchev–Trinajstić information content (AvgIpc) is 2.88. The second kappa shape index (κ2) is 5.39. The third-order valence-electron chi connectivity index (χ3n) is 3.20. The molecule has 0 saturated carbocycles. The minimum Gasteiger partial charge on any atom is -0.506 e. The van der Waals surface area contributed by atoms with Gasteiger partial charge in [-0.1, -0.05) is 29.8 Å². The van der Waals surface area contributed by atoms with E-state index in [4.69, 9.17) is 16.0 Å². The second-order valence-corrected chi connectivity index (χ2v) is 5.56. The summed E-state index contributed by atoms with van der Waals surface area (Å²) in [5.41, 5.74) is 2.76. The molecule has 1 heterocycles. The number of rotatable bonds is 3. The van der Waals surface area contributed by atoms with Gasteiger partial charge in [-0.2, -0.15) is 0 Å². The number of fused-ring (bicyclic) bond motifs is 1. The van der Waals surface area contributed by atoms with E-state index in [0.717, 1.165) is 5.56 Å². The first kappa shape index (κ1) is 13.9. The van der Waals surface area contributed by atoms with Gasteiger partial charge in [0.25, 0.3) is 0 Å². The highest BCUT2D eigenvalue weighted by atomic mass is 35.5. The molecule has 0 aliphatic carbocycles. The number of hydrogen-bond acceptors (Lipinski definition) is 4. The van der Waals surface area contributed by atoms with Crippen LogP contribution in [0.4, 0.5) is 0 Å². The molecule has 5 heteroatoms. The molecule has 0 atom stereocenters. The Bertz CT molecular complexity index is 782. The smallest absolute Gasteiger partial charge is 0.227 e. The van der Waals surface area contributed by atoms with Crippen molar-refractivity contribution >= 4 is 22.7 Å². The summed E-state index contributed by atoms with van der Waals surface area (Å²) in [6.45, 7) is 0.520. The highest BCUT2D eigenvalue weighted by Crippen LogP contribution is 2.37. The molecule has 0 fully saturated rings. The van der Waals surface area contributed by atoms with Crippen LogP contribution in [0, 0.1) is 0 Å². The third-order valence-corrected chi connectivity index (χ3v) is 3.49. The number of aromatic hydroxyl groups is 1. The zero-order chi connectivity index (χ0) is 15.0. The lowest BCUT2D eigenvalue weighted by molar-refractivity contribution is 0.385. The molecule has 1 N–H and O–H groups in total. The predicted octanol–water partition coefficient (Wildman–Crippen LogP) is 3.92. The van der Waals surface area contributed by atoms with Crippen LogP contribution < -0.4 is 0 Å². The maximum atomic E-state index is 10.2. The van der Waals surface area contributed by atoms with Crippen LogP contribution >= 0.6 is 11.6 Å². The number of nitrogens with zero attached hydrogens (tertiary/aromatic N) is 2. The molecule has 0 radical (unpaired) electrons. The van der Waals surface area contributed by atoms with Crippen molar-refractivity contribution in [1.82, 2.24) is 9.88 Å². The van der Waals surface area contributed by atoms with Crippen molar-refractivity contribution in [1.29, 1.82) is 0 Å². The van der Waals surface area contributed by atoms with Crippen LogP contribution in [-0.2, 0) is 6.54 Å². The molecule has 2 aromatic carbocycles. The quantitative estimate of drug-likeness (QED) is 0.797. The first-order valence-electron chi connectivity index (χ1n) is 6.57. The zero-order valence-electron chi connectivity index (χ0n) is 11.8. The van der Waals surface area contributed by atoms with Gasteiger partial charge in [-0.15, -0.1) is 0 Å². The van der Waals surface area contributed by atoms with Crippen molar-refractivity contribution in [2.45, 2.75) is 6.54 Å². The van der Waals surface area contributed by atoms with Crippen LogP contribution in [0.1, 0.15) is 5.56 Å². The van der Waals surface area contributed by atoms with E-state index in [1.54, 1.807) is 6.07 Å². The number of benzene rings is 2. The van der Waals surface area contributed by atoms with E-state index in [1.807, 2.05) is 49.3 Å². The number of oxazole rings is 1. The zero-order valence-corrected chi connectivity index (χ0v) is 12.6. The Hall–Kier alpha value is -2.04. The first-order valence-corrected chi connectivity index (χ1v) is 6.95. The van der Waals surface area contributed by atoms with Gasteiger partial charge in [0.2, 0.25) is 5.89 Å². The number of phenols is 1. The lowest BCUT2D eigenvalue weighted by Crippen LogP contribution is -2.11. The Kier molecular flexibility index (Phi) is 3.57. The Morgan fingerprint density at radius 2 is 1.95 bits per heavy atom. The van der Waals surface area contributed by atoms with Gasteiger partial charge in [-0.3, -0.25) is 0 Å². The van der Waals surface area contributed by atoms with Crippen molar-refractivity contribution in [2.75, 3.05) is 14.1 Å². The van der Waals surface area contributed by atoms with E-state index in [0.29, 0.717) is 29.1 Å². The van der Waals surface area contributed by atoms with Gasteiger partial charge in [0.1, 0.15) is 11.3 Å². The fraction of sp³-hybridized carbons (Fsp3) is 0.188. The van der Waals surface area contributed by atoms with Crippen LogP contribution in [-0.4, -0.2) is 29.1 Å². The van der Waals surface area contributed by atoms with E-state index < -0.39 is 0 Å². The highest BCUT2D eigenvalue weighted by molar-refractivity contribution is 6.32. The Morgan fingerprint density at radius 3 is 2.62 bits per heavy atom. The normalized spacial score (nSPS) is 11.4. The summed E-state index contributed by atoms with van der Waals surface area (Å²) < 4.78 is 5.87. The summed E-state index contributed by atoms with van der Waals surface area (Å²) in [5, 5.41) is 10.5. The van der Waals surface area contributed by atoms with E-state index in [1.165, 1.54) is 0 Å². The largest absolute Gasteiger partial charge is 0.506 e. The molecule has 0 saturated heterocycles. The van der Waals surface area contributed by atoms with Gasteiger partial charge >= 0.3 is 0 Å². The van der Waals surface area contributed by atoms with Crippen molar-refractivity contribution in [2.24, 2.45) is 0 Å². The topological polar surface area (TPSA) is 49.5 Å². The molecule has 21 heavy (non-hydrogen) atoms. The summed E-state index contributed by atoms with van der Waals surface area (Å²) in [6, 6.07) is 11.3. The van der Waals surface area contributed by atoms with Gasteiger partial charge in [0.15, 0.2) is 5.58 Å². The SMILES string of the molecule is CN(C)Cc1c(O)c(Cl)cc2nc(-c3ccccc3)oc12. The van der Waals surface area contributed by atoms with Crippen molar-refractivity contribution in [3.63, 3.8) is 0 Å². The fourth-order valence-corrected chi connectivity index (χ4v) is 2.47. The minimum absolute atomic E-state index is 0.0497. The van der Waals surface area contributed by atoms with Gasteiger partial charge < -0.3 is 14.4 Å². The van der Waals surface area contributed by atoms with E-state index >= 15 is 0 Å². The molecule has 108 valence electrons. The summed E-state index contributed by atoms with van der Waals surface area (Å²) >= 11 is 6.08. The predicted molar refractivity (Wildman–Crippen MR) is 83.5 cm³/mol. The average molecular weight is 303 g/mol. The van der Waals surface area contributed by atoms with Crippen molar-refractivity contribution < 1.29 is 9.52 Å². The molecule has 0 bridgehead atoms. The standard InChI is InChI=1S/C16H15ClN2O2/c1-19(2)9-11-14(20)12(17)8-13-15(11)21-16(18-13)10-6-4-3-5-7-10/h3-8,20H,9H2,1-2H3. The highest BCUT2D eigenvalue weighted by Gasteiger charge is 2.18. The molecule has 4 nitrogen and oxygen atoms in total. The van der Waals surface area contributed by atoms with Crippen LogP contribution in [0.2, 0.25) is 5.02 Å². The number of phenolic OH excluding ortho intramolecular Hbond substituents is 1. The summed E-state index contributed by atoms with van der Waals surface area (Å²) in [5.74, 6) is 0.570. The number of aromatic nitrogens is 1. The van der Waals surface area contributed by atoms with E-state index in [-0.39, 0.29) is 10.8 Å². The lowest BCUT2D eigenvalue weighted by Gasteiger charge is -2.11. The lowest BCUT2D eigenvalue weighted by atomic mass is 10.1. The van der Waals surface area contributed by atoms with E-state index in [9.17, 15) is 5.11 Å². The van der Waals surface area contributed by atoms with E-state index in [2.05, 4.69) is 4.98 Å². The summed E-state index contributed by atoms with van der Waals surface area (Å²) in [6.07, 6.45) is 0. The van der Waals surface area contributed by atoms with Gasteiger partial charge in [0, 0.05) is 12.1 Å². The molecule has 0 amide bonds. The number of hydrogen-bond donors (Lipinski definition) is 1. The van der Waals surface area contributed by atoms with Crippen LogP contribution in [0.5, 0.6) is 5.75 Å². The minimum atomic E-state index is 0.0497. The fourth-order valence-electron chi connectivity index (χ4n) is 2.25. The monoisotopic (exact) mass is 302 g/mol. The third kappa shape index (κ3) is 2.60. The molecular formula is C16H15ClN2O2. The molecule has 0 aliphatic heterocycles.